The Bertz CT molecular complexity index is 608. The molecule has 3 atom stereocenters. The number of hydrogen-bond donors (Lipinski definition) is 3. The molecule has 139 valence electrons. The van der Waals surface area contributed by atoms with Crippen molar-refractivity contribution >= 4 is 32.2 Å². The van der Waals surface area contributed by atoms with Crippen molar-refractivity contribution in [2.24, 2.45) is 16.7 Å². The molecule has 0 saturated heterocycles. The SMILES string of the molecule is CC1(C)[C@H]2CC[C@]1(C)[C@H](O)C2.O.O=C(O)c1cc([O-])c([O-])c(O)c1.[Bi+2]. The van der Waals surface area contributed by atoms with Crippen LogP contribution in [0.1, 0.15) is 50.4 Å². The number of aromatic hydroxyl groups is 1. The van der Waals surface area contributed by atoms with E-state index < -0.39 is 28.8 Å². The van der Waals surface area contributed by atoms with Crippen LogP contribution in [0.5, 0.6) is 17.2 Å². The average molecular weight is 549 g/mol. The molecule has 2 aliphatic carbocycles. The van der Waals surface area contributed by atoms with Crippen molar-refractivity contribution in [2.75, 3.05) is 0 Å². The Hall–Kier alpha value is -1.11. The Balaban J connectivity index is 0.000000427. The monoisotopic (exact) mass is 549 g/mol. The van der Waals surface area contributed by atoms with E-state index in [-0.39, 0.29) is 43.2 Å². The number of aliphatic hydroxyl groups is 1. The summed E-state index contributed by atoms with van der Waals surface area (Å²) in [5.41, 5.74) is 0.210. The number of carboxylic acids is 1. The molecule has 1 aromatic carbocycles. The third-order valence-corrected chi connectivity index (χ3v) is 6.03. The van der Waals surface area contributed by atoms with Crippen molar-refractivity contribution in [1.82, 2.24) is 0 Å². The van der Waals surface area contributed by atoms with Gasteiger partial charge in [0.05, 0.1) is 11.7 Å². The van der Waals surface area contributed by atoms with Gasteiger partial charge in [-0.2, -0.15) is 0 Å². The topological polar surface area (TPSA) is 155 Å². The minimum atomic E-state index is -1.36. The van der Waals surface area contributed by atoms with Gasteiger partial charge in [0.1, 0.15) is 5.75 Å². The first-order valence-corrected chi connectivity index (χ1v) is 7.63. The molecule has 0 heterocycles. The molecule has 3 radical (unpaired) electrons. The largest absolute Gasteiger partial charge is 2.00 e. The molecule has 0 amide bonds. The molecule has 0 aliphatic heterocycles. The van der Waals surface area contributed by atoms with Crippen LogP contribution in [-0.4, -0.2) is 59.1 Å². The van der Waals surface area contributed by atoms with Gasteiger partial charge in [0, 0.05) is 0 Å². The summed E-state index contributed by atoms with van der Waals surface area (Å²) in [6, 6.07) is 1.41. The molecule has 0 unspecified atom stereocenters. The molecule has 2 bridgehead atoms. The van der Waals surface area contributed by atoms with Gasteiger partial charge in [0.25, 0.3) is 0 Å². The minimum Gasteiger partial charge on any atom is -0.873 e. The van der Waals surface area contributed by atoms with Crippen molar-refractivity contribution < 1.29 is 35.8 Å². The van der Waals surface area contributed by atoms with E-state index in [2.05, 4.69) is 20.8 Å². The number of aromatic carboxylic acids is 1. The maximum Gasteiger partial charge on any atom is 2.00 e. The number of benzene rings is 1. The molecule has 3 rings (SSSR count). The first-order chi connectivity index (χ1) is 10.5. The number of aliphatic hydroxyl groups excluding tert-OH is 1. The second-order valence-electron chi connectivity index (χ2n) is 7.25. The van der Waals surface area contributed by atoms with Crippen molar-refractivity contribution in [3.63, 3.8) is 0 Å². The Morgan fingerprint density at radius 1 is 1.24 bits per heavy atom. The Labute approximate surface area is 165 Å². The van der Waals surface area contributed by atoms with Gasteiger partial charge in [-0.3, -0.25) is 0 Å². The molecule has 8 heteroatoms. The van der Waals surface area contributed by atoms with E-state index in [4.69, 9.17) is 10.2 Å². The number of fused-ring (bicyclic) bond motifs is 2. The Kier molecular flexibility index (Phi) is 7.70. The van der Waals surface area contributed by atoms with Gasteiger partial charge >= 0.3 is 32.2 Å². The van der Waals surface area contributed by atoms with E-state index in [1.165, 1.54) is 12.8 Å². The van der Waals surface area contributed by atoms with Gasteiger partial charge in [-0.25, -0.2) is 4.79 Å². The number of carboxylic acid groups (broad SMARTS) is 1. The minimum absolute atomic E-state index is 0. The maximum absolute atomic E-state index is 10.6. The maximum atomic E-state index is 10.6. The van der Waals surface area contributed by atoms with Crippen molar-refractivity contribution in [1.29, 1.82) is 0 Å². The number of carbonyl (C=O) groups is 1. The van der Waals surface area contributed by atoms with Crippen molar-refractivity contribution in [3.05, 3.63) is 17.7 Å². The summed E-state index contributed by atoms with van der Waals surface area (Å²) in [7, 11) is 0. The summed E-state index contributed by atoms with van der Waals surface area (Å²) in [6.45, 7) is 6.90. The predicted molar refractivity (Wildman–Crippen MR) is 88.6 cm³/mol. The molecule has 2 aliphatic rings. The predicted octanol–water partition coefficient (Wildman–Crippen LogP) is 0.226. The van der Waals surface area contributed by atoms with Gasteiger partial charge in [-0.05, 0) is 42.1 Å². The molecule has 5 N–H and O–H groups in total. The molecule has 2 fully saturated rings. The fraction of sp³-hybridized carbons (Fsp3) is 0.588. The van der Waals surface area contributed by atoms with Crippen LogP contribution in [0.4, 0.5) is 0 Å². The fourth-order valence-electron chi connectivity index (χ4n) is 3.87. The van der Waals surface area contributed by atoms with Crippen molar-refractivity contribution in [2.45, 2.75) is 46.1 Å². The van der Waals surface area contributed by atoms with Crippen LogP contribution in [0, 0.1) is 16.7 Å². The van der Waals surface area contributed by atoms with Gasteiger partial charge < -0.3 is 31.0 Å². The van der Waals surface area contributed by atoms with Crippen LogP contribution < -0.4 is 10.2 Å². The number of phenolic OH excluding ortho intramolecular Hbond substituents is 1. The van der Waals surface area contributed by atoms with Crippen LogP contribution in [0.2, 0.25) is 0 Å². The van der Waals surface area contributed by atoms with Crippen LogP contribution in [0.15, 0.2) is 12.1 Å². The molecule has 25 heavy (non-hydrogen) atoms. The summed E-state index contributed by atoms with van der Waals surface area (Å²) in [4.78, 5) is 10.3. The van der Waals surface area contributed by atoms with E-state index >= 15 is 0 Å². The molecule has 0 aromatic heterocycles. The van der Waals surface area contributed by atoms with E-state index in [1.807, 2.05) is 0 Å². The normalized spacial score (nSPS) is 28.2. The summed E-state index contributed by atoms with van der Waals surface area (Å²) < 4.78 is 0. The molecule has 2 saturated carbocycles. The smallest absolute Gasteiger partial charge is 0.873 e. The zero-order valence-electron chi connectivity index (χ0n) is 14.4. The first-order valence-electron chi connectivity index (χ1n) is 7.63. The van der Waals surface area contributed by atoms with E-state index in [1.54, 1.807) is 0 Å². The summed E-state index contributed by atoms with van der Waals surface area (Å²) in [5.74, 6) is -3.52. The fourth-order valence-corrected chi connectivity index (χ4v) is 3.87. The zero-order chi connectivity index (χ0) is 17.6. The van der Waals surface area contributed by atoms with Crippen LogP contribution >= 0.6 is 0 Å². The second kappa shape index (κ2) is 8.06. The van der Waals surface area contributed by atoms with Crippen LogP contribution in [-0.2, 0) is 0 Å². The molecular weight excluding hydrogens is 525 g/mol. The van der Waals surface area contributed by atoms with E-state index in [0.717, 1.165) is 18.4 Å². The van der Waals surface area contributed by atoms with Crippen LogP contribution in [0.25, 0.3) is 0 Å². The molecular formula is C17H24BiO7. The van der Waals surface area contributed by atoms with Gasteiger partial charge in [-0.1, -0.05) is 32.6 Å². The molecule has 0 spiro atoms. The second-order valence-corrected chi connectivity index (χ2v) is 7.25. The first kappa shape index (κ1) is 23.9. The van der Waals surface area contributed by atoms with Gasteiger partial charge in [0.15, 0.2) is 0 Å². The Morgan fingerprint density at radius 2 is 1.80 bits per heavy atom. The number of hydrogen-bond acceptors (Lipinski definition) is 5. The third kappa shape index (κ3) is 4.01. The summed E-state index contributed by atoms with van der Waals surface area (Å²) in [5, 5.41) is 48.2. The van der Waals surface area contributed by atoms with Gasteiger partial charge in [0.2, 0.25) is 0 Å². The third-order valence-electron chi connectivity index (χ3n) is 6.03. The van der Waals surface area contributed by atoms with Crippen LogP contribution in [0.3, 0.4) is 0 Å². The summed E-state index contributed by atoms with van der Waals surface area (Å²) >= 11 is 0. The molecule has 7 nitrogen and oxygen atoms in total. The van der Waals surface area contributed by atoms with E-state index in [9.17, 15) is 20.1 Å². The average Bonchev–Trinajstić information content (AvgIpc) is 2.78. The summed E-state index contributed by atoms with van der Waals surface area (Å²) in [6.07, 6.45) is 3.58. The quantitative estimate of drug-likeness (QED) is 0.426. The van der Waals surface area contributed by atoms with E-state index in [0.29, 0.717) is 11.5 Å². The number of rotatable bonds is 1. The Morgan fingerprint density at radius 3 is 2.08 bits per heavy atom. The van der Waals surface area contributed by atoms with Gasteiger partial charge in [-0.15, -0.1) is 5.75 Å². The number of phenols is 1. The standard InChI is InChI=1S/C10H18O.C7H6O5.Bi.H2O/c1-9(2)7-4-5-10(9,3)8(11)6-7;8-4-1-3(7(11)12)2-5(9)6(4)10;;/h7-8,11H,4-6H2,1-3H3;1-2,8-10H,(H,11,12);;1H2/q;;+2;/p-2/t7-,8+,10+;;;/m0.../s1. The zero-order valence-corrected chi connectivity index (χ0v) is 17.9. The van der Waals surface area contributed by atoms with Crippen molar-refractivity contribution in [3.8, 4) is 17.2 Å². The molecule has 1 aromatic rings.